The van der Waals surface area contributed by atoms with E-state index >= 15 is 0 Å². The predicted octanol–water partition coefficient (Wildman–Crippen LogP) is 2.28. The van der Waals surface area contributed by atoms with Crippen LogP contribution in [0.1, 0.15) is 27.9 Å². The highest BCUT2D eigenvalue weighted by Gasteiger charge is 2.26. The summed E-state index contributed by atoms with van der Waals surface area (Å²) >= 11 is 0. The molecule has 1 atom stereocenters. The molecule has 0 bridgehead atoms. The number of fused-ring (bicyclic) bond motifs is 1. The van der Waals surface area contributed by atoms with Crippen molar-refractivity contribution in [2.24, 2.45) is 0 Å². The first-order chi connectivity index (χ1) is 15.9. The van der Waals surface area contributed by atoms with E-state index < -0.39 is 23.9 Å². The van der Waals surface area contributed by atoms with Crippen molar-refractivity contribution >= 4 is 22.6 Å². The van der Waals surface area contributed by atoms with Gasteiger partial charge < -0.3 is 15.2 Å². The second kappa shape index (κ2) is 9.57. The number of nitrogens with one attached hydrogen (secondary N) is 2. The number of hydrogen-bond donors (Lipinski definition) is 2. The fourth-order valence-electron chi connectivity index (χ4n) is 3.81. The number of alkyl halides is 3. The van der Waals surface area contributed by atoms with Crippen LogP contribution in [0.2, 0.25) is 0 Å². The van der Waals surface area contributed by atoms with Crippen molar-refractivity contribution in [2.45, 2.75) is 19.1 Å². The molecule has 0 saturated carbocycles. The predicted molar refractivity (Wildman–Crippen MR) is 117 cm³/mol. The molecule has 1 aromatic carbocycles. The van der Waals surface area contributed by atoms with Crippen molar-refractivity contribution in [3.63, 3.8) is 0 Å². The molecule has 33 heavy (non-hydrogen) atoms. The van der Waals surface area contributed by atoms with Crippen LogP contribution < -0.4 is 15.8 Å². The average Bonchev–Trinajstić information content (AvgIpc) is 2.83. The largest absolute Gasteiger partial charge is 0.368 e. The van der Waals surface area contributed by atoms with Crippen molar-refractivity contribution in [3.05, 3.63) is 63.8 Å². The molecular weight excluding hydrogens is 437 g/mol. The second-order valence-corrected chi connectivity index (χ2v) is 7.78. The van der Waals surface area contributed by atoms with Crippen molar-refractivity contribution in [3.8, 4) is 0 Å². The first kappa shape index (κ1) is 22.7. The molecule has 1 aliphatic rings. The highest BCUT2D eigenvalue weighted by molar-refractivity contribution is 5.92. The quantitative estimate of drug-likeness (QED) is 0.586. The van der Waals surface area contributed by atoms with Crippen LogP contribution in [-0.4, -0.2) is 65.4 Å². The molecule has 2 N–H and O–H groups in total. The SMILES string of the molecule is CNC(=O)c1ccc(N2CCN(Cc3ccc4nc(C(F)C(F)F)c(=O)[nH]c4c3)CC2)cn1. The number of rotatable bonds is 6. The van der Waals surface area contributed by atoms with Gasteiger partial charge in [-0.15, -0.1) is 0 Å². The molecule has 3 aromatic rings. The topological polar surface area (TPSA) is 94.2 Å². The van der Waals surface area contributed by atoms with E-state index in [4.69, 9.17) is 0 Å². The minimum Gasteiger partial charge on any atom is -0.368 e. The summed E-state index contributed by atoms with van der Waals surface area (Å²) in [4.78, 5) is 38.5. The second-order valence-electron chi connectivity index (χ2n) is 7.78. The number of anilines is 1. The number of aromatic nitrogens is 3. The highest BCUT2D eigenvalue weighted by atomic mass is 19.3. The number of aromatic amines is 1. The van der Waals surface area contributed by atoms with E-state index in [1.165, 1.54) is 0 Å². The van der Waals surface area contributed by atoms with E-state index in [1.54, 1.807) is 37.5 Å². The number of carbonyl (C=O) groups is 1. The number of H-pyrrole nitrogens is 1. The van der Waals surface area contributed by atoms with Crippen molar-refractivity contribution in [1.29, 1.82) is 0 Å². The van der Waals surface area contributed by atoms with Crippen molar-refractivity contribution in [2.75, 3.05) is 38.1 Å². The molecule has 1 aliphatic heterocycles. The summed E-state index contributed by atoms with van der Waals surface area (Å²) in [6.07, 6.45) is -4.33. The Morgan fingerprint density at radius 3 is 2.55 bits per heavy atom. The maximum Gasteiger partial charge on any atom is 0.275 e. The van der Waals surface area contributed by atoms with Gasteiger partial charge in [0.05, 0.1) is 22.9 Å². The molecule has 1 saturated heterocycles. The highest BCUT2D eigenvalue weighted by Crippen LogP contribution is 2.22. The van der Waals surface area contributed by atoms with Gasteiger partial charge in [0.1, 0.15) is 11.4 Å². The molecule has 0 radical (unpaired) electrons. The summed E-state index contributed by atoms with van der Waals surface area (Å²) in [5.74, 6) is -0.229. The Kier molecular flexibility index (Phi) is 6.59. The molecule has 1 unspecified atom stereocenters. The number of carbonyl (C=O) groups excluding carboxylic acids is 1. The average molecular weight is 460 g/mol. The normalized spacial score (nSPS) is 15.7. The maximum atomic E-state index is 13.6. The zero-order valence-corrected chi connectivity index (χ0v) is 17.9. The Balaban J connectivity index is 1.40. The smallest absolute Gasteiger partial charge is 0.275 e. The Hall–Kier alpha value is -3.47. The van der Waals surface area contributed by atoms with Crippen LogP contribution in [0.5, 0.6) is 0 Å². The standard InChI is InChI=1S/C22H23F3N6O2/c1-26-21(32)16-5-3-14(11-27-16)31-8-6-30(7-9-31)12-13-2-4-15-17(10-13)29-22(33)19(28-15)18(23)20(24)25/h2-5,10-11,18,20H,6-9,12H2,1H3,(H,26,32)(H,29,33). The molecule has 8 nitrogen and oxygen atoms in total. The van der Waals surface area contributed by atoms with Gasteiger partial charge in [-0.1, -0.05) is 6.07 Å². The Morgan fingerprint density at radius 1 is 1.15 bits per heavy atom. The van der Waals surface area contributed by atoms with Crippen LogP contribution in [-0.2, 0) is 6.54 Å². The van der Waals surface area contributed by atoms with Gasteiger partial charge in [-0.05, 0) is 29.8 Å². The van der Waals surface area contributed by atoms with E-state index in [0.29, 0.717) is 17.8 Å². The first-order valence-electron chi connectivity index (χ1n) is 10.5. The van der Waals surface area contributed by atoms with E-state index in [-0.39, 0.29) is 11.4 Å². The number of nitrogens with zero attached hydrogens (tertiary/aromatic N) is 4. The van der Waals surface area contributed by atoms with Gasteiger partial charge in [-0.3, -0.25) is 14.5 Å². The number of pyridine rings is 1. The van der Waals surface area contributed by atoms with Crippen molar-refractivity contribution < 1.29 is 18.0 Å². The molecule has 2 aromatic heterocycles. The zero-order valence-electron chi connectivity index (χ0n) is 17.9. The summed E-state index contributed by atoms with van der Waals surface area (Å²) in [5.41, 5.74) is 1.12. The van der Waals surface area contributed by atoms with E-state index in [9.17, 15) is 22.8 Å². The third kappa shape index (κ3) is 4.98. The lowest BCUT2D eigenvalue weighted by molar-refractivity contribution is 0.0466. The third-order valence-corrected chi connectivity index (χ3v) is 5.62. The minimum absolute atomic E-state index is 0.229. The molecule has 1 amide bonds. The van der Waals surface area contributed by atoms with E-state index in [1.807, 2.05) is 6.07 Å². The van der Waals surface area contributed by atoms with Gasteiger partial charge in [0.15, 0.2) is 0 Å². The third-order valence-electron chi connectivity index (χ3n) is 5.62. The molecule has 4 rings (SSSR count). The van der Waals surface area contributed by atoms with Crippen LogP contribution in [0.3, 0.4) is 0 Å². The zero-order chi connectivity index (χ0) is 23.5. The lowest BCUT2D eigenvalue weighted by Gasteiger charge is -2.36. The van der Waals surface area contributed by atoms with Gasteiger partial charge >= 0.3 is 0 Å². The summed E-state index contributed by atoms with van der Waals surface area (Å²) < 4.78 is 38.8. The summed E-state index contributed by atoms with van der Waals surface area (Å²) in [6.45, 7) is 3.77. The van der Waals surface area contributed by atoms with Crippen LogP contribution in [0.15, 0.2) is 41.3 Å². The monoisotopic (exact) mass is 460 g/mol. The Labute approximate surface area is 187 Å². The molecule has 0 aliphatic carbocycles. The number of halogens is 3. The van der Waals surface area contributed by atoms with Gasteiger partial charge in [-0.25, -0.2) is 23.1 Å². The summed E-state index contributed by atoms with van der Waals surface area (Å²) in [5, 5.41) is 2.54. The fourth-order valence-corrected chi connectivity index (χ4v) is 3.81. The van der Waals surface area contributed by atoms with Gasteiger partial charge in [0.2, 0.25) is 6.17 Å². The number of piperazine rings is 1. The van der Waals surface area contributed by atoms with Crippen LogP contribution in [0.4, 0.5) is 18.9 Å². The number of benzene rings is 1. The number of hydrogen-bond acceptors (Lipinski definition) is 6. The van der Waals surface area contributed by atoms with Crippen molar-refractivity contribution in [1.82, 2.24) is 25.2 Å². The van der Waals surface area contributed by atoms with Gasteiger partial charge in [0.25, 0.3) is 17.9 Å². The van der Waals surface area contributed by atoms with E-state index in [0.717, 1.165) is 37.4 Å². The lowest BCUT2D eigenvalue weighted by Crippen LogP contribution is -2.46. The first-order valence-corrected chi connectivity index (χ1v) is 10.5. The summed E-state index contributed by atoms with van der Waals surface area (Å²) in [7, 11) is 1.56. The van der Waals surface area contributed by atoms with Gasteiger partial charge in [0, 0.05) is 39.8 Å². The molecule has 1 fully saturated rings. The molecule has 3 heterocycles. The lowest BCUT2D eigenvalue weighted by atomic mass is 10.1. The fraction of sp³-hybridized carbons (Fsp3) is 0.364. The molecule has 0 spiro atoms. The molecule has 11 heteroatoms. The number of amides is 1. The molecule has 174 valence electrons. The maximum absolute atomic E-state index is 13.6. The van der Waals surface area contributed by atoms with E-state index in [2.05, 4.69) is 30.1 Å². The van der Waals surface area contributed by atoms with Gasteiger partial charge in [-0.2, -0.15) is 0 Å². The Bertz CT molecular complexity index is 1190. The summed E-state index contributed by atoms with van der Waals surface area (Å²) in [6, 6.07) is 8.70. The minimum atomic E-state index is -3.31. The Morgan fingerprint density at radius 2 is 1.91 bits per heavy atom. The van der Waals surface area contributed by atoms with Crippen LogP contribution in [0.25, 0.3) is 11.0 Å². The van der Waals surface area contributed by atoms with Crippen LogP contribution >= 0.6 is 0 Å². The van der Waals surface area contributed by atoms with Crippen LogP contribution in [0, 0.1) is 0 Å². The molecular formula is C22H23F3N6O2.